The van der Waals surface area contributed by atoms with Gasteiger partial charge in [0.05, 0.1) is 13.2 Å². The van der Waals surface area contributed by atoms with Crippen molar-refractivity contribution in [1.82, 2.24) is 0 Å². The van der Waals surface area contributed by atoms with Crippen molar-refractivity contribution in [3.8, 4) is 0 Å². The molecule has 0 N–H and O–H groups in total. The van der Waals surface area contributed by atoms with Crippen LogP contribution in [0.25, 0.3) is 64.6 Å². The molecule has 8 aromatic carbocycles. The highest BCUT2D eigenvalue weighted by molar-refractivity contribution is 6.59. The van der Waals surface area contributed by atoms with Gasteiger partial charge in [-0.2, -0.15) is 0 Å². The second-order valence-electron chi connectivity index (χ2n) is 12.8. The monoisotopic (exact) mass is 648 g/mol. The molecule has 0 heterocycles. The third-order valence-electron chi connectivity index (χ3n) is 9.71. The molecule has 0 aliphatic carbocycles. The van der Waals surface area contributed by atoms with E-state index in [1.54, 1.807) is 0 Å². The second kappa shape index (κ2) is 13.3. The van der Waals surface area contributed by atoms with Crippen LogP contribution in [-0.2, 0) is 26.2 Å². The minimum absolute atomic E-state index is 0.560. The van der Waals surface area contributed by atoms with Crippen LogP contribution in [-0.4, -0.2) is 18.6 Å². The first-order valence-corrected chi connectivity index (χ1v) is 20.2. The molecule has 234 valence electrons. The summed E-state index contributed by atoms with van der Waals surface area (Å²) in [5.74, 6) is 0. The van der Waals surface area contributed by atoms with Gasteiger partial charge in [-0.15, -0.1) is 0 Å². The fourth-order valence-electron chi connectivity index (χ4n) is 7.23. The predicted octanol–water partition coefficient (Wildman–Crippen LogP) is 11.8. The molecule has 0 bridgehead atoms. The van der Waals surface area contributed by atoms with Crippen LogP contribution in [0.5, 0.6) is 0 Å². The Kier molecular flexibility index (Phi) is 8.65. The molecule has 0 saturated carbocycles. The molecule has 0 amide bonds. The Hall–Kier alpha value is -3.85. The van der Waals surface area contributed by atoms with E-state index >= 15 is 0 Å². The van der Waals surface area contributed by atoms with Gasteiger partial charge in [-0.1, -0.05) is 149 Å². The van der Waals surface area contributed by atoms with Crippen LogP contribution in [0.1, 0.15) is 50.7 Å². The molecule has 0 aliphatic rings. The van der Waals surface area contributed by atoms with E-state index in [0.717, 1.165) is 37.8 Å². The van der Waals surface area contributed by atoms with Gasteiger partial charge in [0.2, 0.25) is 0 Å². The van der Waals surface area contributed by atoms with Crippen molar-refractivity contribution >= 4 is 83.2 Å². The van der Waals surface area contributed by atoms with E-state index in [-0.39, 0.29) is 0 Å². The van der Waals surface area contributed by atoms with Crippen molar-refractivity contribution in [2.24, 2.45) is 0 Å². The average Bonchev–Trinajstić information content (AvgIpc) is 3.12. The van der Waals surface area contributed by atoms with Crippen LogP contribution >= 0.6 is 0 Å². The zero-order valence-corrected chi connectivity index (χ0v) is 29.3. The van der Waals surface area contributed by atoms with Gasteiger partial charge >= 0.3 is 18.6 Å². The Labute approximate surface area is 280 Å². The van der Waals surface area contributed by atoms with Crippen LogP contribution in [0.3, 0.4) is 0 Å². The number of hydrogen-bond donors (Lipinski definition) is 0. The van der Waals surface area contributed by atoms with E-state index in [4.69, 9.17) is 13.0 Å². The lowest BCUT2D eigenvalue weighted by Crippen LogP contribution is -2.34. The Bertz CT molecular complexity index is 2100. The molecule has 47 heavy (non-hydrogen) atoms. The van der Waals surface area contributed by atoms with E-state index in [2.05, 4.69) is 123 Å². The zero-order valence-electron chi connectivity index (χ0n) is 27.3. The standard InChI is InChI=1S/C42H40O3Si2/c1-3-5-25-46(43-27-35-19-17-33-15-13-29-9-7-11-31-21-23-37(35)41(33)39(29)31)45-47(26-6-4-2)44-28-36-20-18-34-16-14-30-10-8-12-32-22-24-38(36)42(34)40(30)32/h7-24H,3-6,25-28H2,1-2H3. The third kappa shape index (κ3) is 5.81. The highest BCUT2D eigenvalue weighted by atomic mass is 28.4. The molecule has 0 saturated heterocycles. The average molecular weight is 649 g/mol. The Morgan fingerprint density at radius 1 is 0.426 bits per heavy atom. The number of benzene rings is 8. The third-order valence-corrected chi connectivity index (χ3v) is 14.0. The van der Waals surface area contributed by atoms with Gasteiger partial charge in [-0.3, -0.25) is 0 Å². The normalized spacial score (nSPS) is 12.5. The first-order valence-electron chi connectivity index (χ1n) is 17.2. The highest BCUT2D eigenvalue weighted by Crippen LogP contribution is 2.38. The summed E-state index contributed by atoms with van der Waals surface area (Å²) in [5.41, 5.74) is 2.46. The zero-order chi connectivity index (χ0) is 31.7. The molecule has 0 atom stereocenters. The van der Waals surface area contributed by atoms with Crippen molar-refractivity contribution in [2.45, 2.75) is 64.8 Å². The second-order valence-corrected chi connectivity index (χ2v) is 16.7. The fraction of sp³-hybridized carbons (Fsp3) is 0.238. The van der Waals surface area contributed by atoms with E-state index in [9.17, 15) is 0 Å². The summed E-state index contributed by atoms with van der Waals surface area (Å²) in [7, 11) is -3.05. The molecule has 5 heteroatoms. The quantitative estimate of drug-likeness (QED) is 0.0867. The van der Waals surface area contributed by atoms with Crippen molar-refractivity contribution < 1.29 is 13.0 Å². The fourth-order valence-corrected chi connectivity index (χ4v) is 11.7. The molecular formula is C42H40O3Si2. The molecule has 2 radical (unpaired) electrons. The summed E-state index contributed by atoms with van der Waals surface area (Å²) < 4.78 is 20.4. The highest BCUT2D eigenvalue weighted by Gasteiger charge is 2.26. The smallest absolute Gasteiger partial charge is 0.375 e. The summed E-state index contributed by atoms with van der Waals surface area (Å²) >= 11 is 0. The summed E-state index contributed by atoms with van der Waals surface area (Å²) in [6.07, 6.45) is 4.45. The lowest BCUT2D eigenvalue weighted by atomic mass is 9.92. The van der Waals surface area contributed by atoms with Crippen LogP contribution in [0.4, 0.5) is 0 Å². The maximum Gasteiger partial charge on any atom is 0.375 e. The molecule has 8 aromatic rings. The van der Waals surface area contributed by atoms with Gasteiger partial charge in [-0.25, -0.2) is 0 Å². The number of hydrogen-bond acceptors (Lipinski definition) is 3. The number of rotatable bonds is 14. The topological polar surface area (TPSA) is 27.7 Å². The molecule has 0 spiro atoms. The molecule has 8 rings (SSSR count). The molecule has 0 fully saturated rings. The van der Waals surface area contributed by atoms with Crippen LogP contribution in [0.15, 0.2) is 109 Å². The lowest BCUT2D eigenvalue weighted by molar-refractivity contribution is 0.207. The van der Waals surface area contributed by atoms with Gasteiger partial charge < -0.3 is 13.0 Å². The summed E-state index contributed by atoms with van der Waals surface area (Å²) in [6, 6.07) is 42.1. The first-order chi connectivity index (χ1) is 23.2. The van der Waals surface area contributed by atoms with Crippen LogP contribution < -0.4 is 0 Å². The minimum atomic E-state index is -1.53. The van der Waals surface area contributed by atoms with Crippen LogP contribution in [0, 0.1) is 0 Å². The Balaban J connectivity index is 1.04. The van der Waals surface area contributed by atoms with Crippen molar-refractivity contribution in [2.75, 3.05) is 0 Å². The van der Waals surface area contributed by atoms with Gasteiger partial charge in [0.25, 0.3) is 0 Å². The predicted molar refractivity (Wildman–Crippen MR) is 202 cm³/mol. The van der Waals surface area contributed by atoms with Gasteiger partial charge in [0, 0.05) is 0 Å². The van der Waals surface area contributed by atoms with E-state index < -0.39 is 18.6 Å². The summed E-state index contributed by atoms with van der Waals surface area (Å²) in [4.78, 5) is 0. The summed E-state index contributed by atoms with van der Waals surface area (Å²) in [6.45, 7) is 5.61. The van der Waals surface area contributed by atoms with E-state index in [0.29, 0.717) is 13.2 Å². The van der Waals surface area contributed by atoms with E-state index in [1.165, 1.54) is 75.8 Å². The van der Waals surface area contributed by atoms with E-state index in [1.807, 2.05) is 0 Å². The Morgan fingerprint density at radius 3 is 1.19 bits per heavy atom. The Morgan fingerprint density at radius 2 is 0.787 bits per heavy atom. The molecule has 0 aliphatic heterocycles. The SMILES string of the molecule is CCCC[Si](OCc1ccc2ccc3cccc4ccc1c2c34)O[Si](CCCC)OCc1ccc2ccc3cccc4ccc1c2c34. The maximum atomic E-state index is 6.91. The van der Waals surface area contributed by atoms with Crippen LogP contribution in [0.2, 0.25) is 12.1 Å². The molecule has 3 nitrogen and oxygen atoms in total. The molecule has 0 unspecified atom stereocenters. The molecule has 0 aromatic heterocycles. The van der Waals surface area contributed by atoms with Gasteiger partial charge in [0.15, 0.2) is 0 Å². The largest absolute Gasteiger partial charge is 0.413 e. The van der Waals surface area contributed by atoms with Gasteiger partial charge in [0.1, 0.15) is 0 Å². The summed E-state index contributed by atoms with van der Waals surface area (Å²) in [5, 5.41) is 15.7. The first kappa shape index (κ1) is 30.5. The number of unbranched alkanes of at least 4 members (excludes halogenated alkanes) is 2. The van der Waals surface area contributed by atoms with Crippen molar-refractivity contribution in [1.29, 1.82) is 0 Å². The minimum Gasteiger partial charge on any atom is -0.413 e. The van der Waals surface area contributed by atoms with Crippen molar-refractivity contribution in [3.05, 3.63) is 120 Å². The lowest BCUT2D eigenvalue weighted by Gasteiger charge is -2.22. The molecular weight excluding hydrogens is 609 g/mol. The van der Waals surface area contributed by atoms with Gasteiger partial charge in [-0.05, 0) is 87.8 Å². The van der Waals surface area contributed by atoms with Crippen molar-refractivity contribution in [3.63, 3.8) is 0 Å². The maximum absolute atomic E-state index is 6.91.